The van der Waals surface area contributed by atoms with Crippen molar-refractivity contribution in [2.45, 2.75) is 23.1 Å². The first-order valence-corrected chi connectivity index (χ1v) is 7.90. The summed E-state index contributed by atoms with van der Waals surface area (Å²) < 4.78 is 5.13. The number of amides is 1. The minimum absolute atomic E-state index is 0.166. The maximum Gasteiger partial charge on any atom is 0.338 e. The fraction of sp³-hybridized carbons (Fsp3) is 0.176. The molecular weight excluding hydrogens is 298 g/mol. The molecule has 1 aliphatic rings. The van der Waals surface area contributed by atoms with Gasteiger partial charge < -0.3 is 10.1 Å². The summed E-state index contributed by atoms with van der Waals surface area (Å²) in [4.78, 5) is 26.0. The quantitative estimate of drug-likeness (QED) is 0.871. The van der Waals surface area contributed by atoms with Crippen LogP contribution in [-0.2, 0) is 4.74 Å². The third-order valence-electron chi connectivity index (χ3n) is 3.25. The molecule has 2 aromatic rings. The first kappa shape index (κ1) is 14.7. The molecule has 2 aromatic carbocycles. The number of nitrogens with one attached hydrogen (secondary N) is 1. The van der Waals surface area contributed by atoms with E-state index in [9.17, 15) is 9.59 Å². The van der Waals surface area contributed by atoms with Gasteiger partial charge in [-0.05, 0) is 36.8 Å². The molecule has 0 aromatic heterocycles. The third kappa shape index (κ3) is 2.85. The van der Waals surface area contributed by atoms with Crippen molar-refractivity contribution in [3.8, 4) is 0 Å². The van der Waals surface area contributed by atoms with Gasteiger partial charge in [-0.3, -0.25) is 4.79 Å². The summed E-state index contributed by atoms with van der Waals surface area (Å²) in [5, 5.41) is 2.86. The molecule has 112 valence electrons. The van der Waals surface area contributed by atoms with E-state index in [0.717, 1.165) is 16.2 Å². The van der Waals surface area contributed by atoms with Crippen LogP contribution in [0, 0.1) is 0 Å². The Hall–Kier alpha value is -2.27. The second-order valence-electron chi connectivity index (χ2n) is 4.90. The zero-order valence-electron chi connectivity index (χ0n) is 12.1. The van der Waals surface area contributed by atoms with E-state index in [2.05, 4.69) is 5.32 Å². The Morgan fingerprint density at radius 1 is 1.18 bits per heavy atom. The van der Waals surface area contributed by atoms with Gasteiger partial charge in [0.05, 0.1) is 23.4 Å². The average molecular weight is 313 g/mol. The van der Waals surface area contributed by atoms with Gasteiger partial charge in [0.15, 0.2) is 0 Å². The highest BCUT2D eigenvalue weighted by atomic mass is 32.2. The Morgan fingerprint density at radius 2 is 2.00 bits per heavy atom. The minimum atomic E-state index is -0.370. The summed E-state index contributed by atoms with van der Waals surface area (Å²) in [5.41, 5.74) is 1.72. The lowest BCUT2D eigenvalue weighted by Crippen LogP contribution is -2.12. The average Bonchev–Trinajstić information content (AvgIpc) is 2.68. The van der Waals surface area contributed by atoms with Gasteiger partial charge in [0, 0.05) is 9.79 Å². The Kier molecular flexibility index (Phi) is 4.15. The van der Waals surface area contributed by atoms with Crippen molar-refractivity contribution in [1.82, 2.24) is 0 Å². The van der Waals surface area contributed by atoms with E-state index < -0.39 is 0 Å². The Labute approximate surface area is 132 Å². The topological polar surface area (TPSA) is 55.4 Å². The number of benzene rings is 2. The number of esters is 1. The lowest BCUT2D eigenvalue weighted by atomic mass is 10.1. The van der Waals surface area contributed by atoms with E-state index in [0.29, 0.717) is 23.4 Å². The van der Waals surface area contributed by atoms with Crippen LogP contribution >= 0.6 is 11.8 Å². The van der Waals surface area contributed by atoms with Gasteiger partial charge in [-0.25, -0.2) is 4.79 Å². The highest BCUT2D eigenvalue weighted by Crippen LogP contribution is 2.39. The zero-order chi connectivity index (χ0) is 15.5. The third-order valence-corrected chi connectivity index (χ3v) is 4.40. The Bertz CT molecular complexity index is 742. The molecule has 0 atom stereocenters. The first-order chi connectivity index (χ1) is 10.7. The maximum atomic E-state index is 12.3. The maximum absolute atomic E-state index is 12.3. The Balaban J connectivity index is 1.93. The van der Waals surface area contributed by atoms with Crippen LogP contribution in [0.2, 0.25) is 0 Å². The Morgan fingerprint density at radius 3 is 2.82 bits per heavy atom. The molecule has 0 saturated carbocycles. The van der Waals surface area contributed by atoms with Crippen LogP contribution in [0.25, 0.3) is 0 Å². The number of carbonyl (C=O) groups excluding carboxylic acids is 2. The molecule has 22 heavy (non-hydrogen) atoms. The molecule has 3 rings (SSSR count). The van der Waals surface area contributed by atoms with Crippen molar-refractivity contribution in [3.63, 3.8) is 0 Å². The fourth-order valence-corrected chi connectivity index (χ4v) is 3.18. The number of hydrogen-bond donors (Lipinski definition) is 1. The van der Waals surface area contributed by atoms with Crippen LogP contribution in [0.15, 0.2) is 52.3 Å². The molecule has 1 aliphatic heterocycles. The molecule has 4 nitrogen and oxygen atoms in total. The lowest BCUT2D eigenvalue weighted by molar-refractivity contribution is 0.0505. The fourth-order valence-electron chi connectivity index (χ4n) is 2.17. The second-order valence-corrected chi connectivity index (χ2v) is 5.98. The van der Waals surface area contributed by atoms with Gasteiger partial charge in [-0.2, -0.15) is 0 Å². The highest BCUT2D eigenvalue weighted by molar-refractivity contribution is 7.99. The van der Waals surface area contributed by atoms with Crippen molar-refractivity contribution in [2.75, 3.05) is 11.9 Å². The summed E-state index contributed by atoms with van der Waals surface area (Å²) in [6.07, 6.45) is 0.776. The zero-order valence-corrected chi connectivity index (χ0v) is 12.9. The van der Waals surface area contributed by atoms with Gasteiger partial charge in [-0.1, -0.05) is 30.8 Å². The van der Waals surface area contributed by atoms with Crippen LogP contribution in [0.3, 0.4) is 0 Å². The van der Waals surface area contributed by atoms with E-state index in [1.54, 1.807) is 18.2 Å². The molecule has 0 radical (unpaired) electrons. The van der Waals surface area contributed by atoms with Crippen LogP contribution < -0.4 is 5.32 Å². The number of anilines is 1. The van der Waals surface area contributed by atoms with E-state index >= 15 is 0 Å². The molecule has 0 saturated heterocycles. The van der Waals surface area contributed by atoms with E-state index in [-0.39, 0.29) is 11.9 Å². The largest absolute Gasteiger partial charge is 0.462 e. The van der Waals surface area contributed by atoms with E-state index in [4.69, 9.17) is 4.74 Å². The second kappa shape index (κ2) is 6.23. The molecule has 0 unspecified atom stereocenters. The van der Waals surface area contributed by atoms with Gasteiger partial charge in [0.25, 0.3) is 5.91 Å². The van der Waals surface area contributed by atoms with Crippen LogP contribution in [-0.4, -0.2) is 18.5 Å². The minimum Gasteiger partial charge on any atom is -0.462 e. The molecule has 1 amide bonds. The predicted octanol–water partition coefficient (Wildman–Crippen LogP) is 3.97. The highest BCUT2D eigenvalue weighted by Gasteiger charge is 2.20. The normalized spacial score (nSPS) is 12.7. The molecular formula is C17H15NO3S. The molecule has 1 heterocycles. The van der Waals surface area contributed by atoms with Gasteiger partial charge in [-0.15, -0.1) is 0 Å². The van der Waals surface area contributed by atoms with E-state index in [1.807, 2.05) is 31.2 Å². The first-order valence-electron chi connectivity index (χ1n) is 7.08. The molecule has 0 bridgehead atoms. The summed E-state index contributed by atoms with van der Waals surface area (Å²) in [5.74, 6) is -0.536. The molecule has 1 N–H and O–H groups in total. The smallest absolute Gasteiger partial charge is 0.338 e. The molecule has 0 fully saturated rings. The van der Waals surface area contributed by atoms with Gasteiger partial charge >= 0.3 is 5.97 Å². The molecule has 0 spiro atoms. The monoisotopic (exact) mass is 313 g/mol. The van der Waals surface area contributed by atoms with Crippen LogP contribution in [0.1, 0.15) is 34.1 Å². The van der Waals surface area contributed by atoms with Crippen molar-refractivity contribution in [2.24, 2.45) is 0 Å². The van der Waals surface area contributed by atoms with Gasteiger partial charge in [0.1, 0.15) is 0 Å². The number of ether oxygens (including phenoxy) is 1. The number of hydrogen-bond acceptors (Lipinski definition) is 4. The van der Waals surface area contributed by atoms with Crippen LogP contribution in [0.5, 0.6) is 0 Å². The SMILES string of the molecule is CCCOC(=O)c1ccc2c(c1)NC(=O)c1ccccc1S2. The van der Waals surface area contributed by atoms with Crippen LogP contribution in [0.4, 0.5) is 5.69 Å². The number of fused-ring (bicyclic) bond motifs is 2. The standard InChI is InChI=1S/C17H15NO3S/c1-2-9-21-17(20)11-7-8-15-13(10-11)18-16(19)12-5-3-4-6-14(12)22-15/h3-8,10H,2,9H2,1H3,(H,18,19). The predicted molar refractivity (Wildman–Crippen MR) is 85.5 cm³/mol. The summed E-state index contributed by atoms with van der Waals surface area (Å²) in [7, 11) is 0. The van der Waals surface area contributed by atoms with Crippen molar-refractivity contribution < 1.29 is 14.3 Å². The molecule has 5 heteroatoms. The van der Waals surface area contributed by atoms with E-state index in [1.165, 1.54) is 11.8 Å². The number of carbonyl (C=O) groups is 2. The van der Waals surface area contributed by atoms with Crippen molar-refractivity contribution >= 4 is 29.3 Å². The summed E-state index contributed by atoms with van der Waals surface area (Å²) in [6, 6.07) is 12.7. The summed E-state index contributed by atoms with van der Waals surface area (Å²) >= 11 is 1.51. The number of rotatable bonds is 3. The van der Waals surface area contributed by atoms with Crippen molar-refractivity contribution in [1.29, 1.82) is 0 Å². The van der Waals surface area contributed by atoms with Crippen molar-refractivity contribution in [3.05, 3.63) is 53.6 Å². The summed E-state index contributed by atoms with van der Waals surface area (Å²) in [6.45, 7) is 2.33. The molecule has 0 aliphatic carbocycles. The lowest BCUT2D eigenvalue weighted by Gasteiger charge is -2.08. The van der Waals surface area contributed by atoms with Gasteiger partial charge in [0.2, 0.25) is 0 Å².